The van der Waals surface area contributed by atoms with Crippen LogP contribution >= 0.6 is 0 Å². The van der Waals surface area contributed by atoms with Gasteiger partial charge in [-0.1, -0.05) is 24.3 Å². The number of benzene rings is 1. The summed E-state index contributed by atoms with van der Waals surface area (Å²) in [5.41, 5.74) is 3.20. The van der Waals surface area contributed by atoms with E-state index in [1.165, 1.54) is 0 Å². The van der Waals surface area contributed by atoms with Crippen molar-refractivity contribution in [3.63, 3.8) is 0 Å². The first-order valence-corrected chi connectivity index (χ1v) is 9.58. The molecule has 0 atom stereocenters. The van der Waals surface area contributed by atoms with Gasteiger partial charge < -0.3 is 10.6 Å². The lowest BCUT2D eigenvalue weighted by atomic mass is 10.1. The molecular weight excluding hydrogens is 348 g/mol. The molecule has 2 aromatic heterocycles. The highest BCUT2D eigenvalue weighted by molar-refractivity contribution is 5.69. The average Bonchev–Trinajstić information content (AvgIpc) is 3.26. The lowest BCUT2D eigenvalue weighted by Crippen LogP contribution is -2.23. The zero-order chi connectivity index (χ0) is 19.0. The van der Waals surface area contributed by atoms with Gasteiger partial charge in [-0.3, -0.25) is 9.88 Å². The van der Waals surface area contributed by atoms with Crippen LogP contribution in [0.3, 0.4) is 0 Å². The van der Waals surface area contributed by atoms with E-state index in [-0.39, 0.29) is 0 Å². The summed E-state index contributed by atoms with van der Waals surface area (Å²) in [5, 5.41) is 6.68. The quantitative estimate of drug-likeness (QED) is 0.461. The fraction of sp³-hybridized carbons (Fsp3) is 0.227. The molecule has 0 fully saturated rings. The molecule has 0 spiro atoms. The van der Waals surface area contributed by atoms with E-state index in [9.17, 15) is 0 Å². The number of aromatic nitrogens is 3. The maximum absolute atomic E-state index is 4.57. The van der Waals surface area contributed by atoms with Crippen molar-refractivity contribution in [1.82, 2.24) is 19.9 Å². The monoisotopic (exact) mass is 372 g/mol. The first-order valence-electron chi connectivity index (χ1n) is 9.58. The molecule has 3 aromatic rings. The minimum Gasteiger partial charge on any atom is -0.370 e. The van der Waals surface area contributed by atoms with Crippen molar-refractivity contribution in [1.29, 1.82) is 0 Å². The second-order valence-electron chi connectivity index (χ2n) is 6.72. The van der Waals surface area contributed by atoms with Crippen LogP contribution in [0.1, 0.15) is 6.42 Å². The van der Waals surface area contributed by atoms with Crippen LogP contribution in [0, 0.1) is 0 Å². The Bertz CT molecular complexity index is 917. The van der Waals surface area contributed by atoms with Gasteiger partial charge >= 0.3 is 0 Å². The Balaban J connectivity index is 1.34. The van der Waals surface area contributed by atoms with Gasteiger partial charge in [0.1, 0.15) is 5.82 Å². The fourth-order valence-corrected chi connectivity index (χ4v) is 3.19. The van der Waals surface area contributed by atoms with Crippen molar-refractivity contribution in [2.75, 3.05) is 36.8 Å². The first kappa shape index (κ1) is 18.1. The van der Waals surface area contributed by atoms with Crippen molar-refractivity contribution < 1.29 is 0 Å². The molecule has 3 heterocycles. The van der Waals surface area contributed by atoms with Crippen molar-refractivity contribution in [3.8, 4) is 11.1 Å². The normalized spacial score (nSPS) is 13.6. The van der Waals surface area contributed by atoms with Gasteiger partial charge in [-0.2, -0.15) is 4.98 Å². The van der Waals surface area contributed by atoms with E-state index in [1.54, 1.807) is 18.6 Å². The number of hydrogen-bond acceptors (Lipinski definition) is 6. The fourth-order valence-electron chi connectivity index (χ4n) is 3.19. The third-order valence-corrected chi connectivity index (χ3v) is 4.64. The zero-order valence-electron chi connectivity index (χ0n) is 15.8. The Morgan fingerprint density at radius 3 is 2.64 bits per heavy atom. The summed E-state index contributed by atoms with van der Waals surface area (Å²) in [7, 11) is 0. The summed E-state index contributed by atoms with van der Waals surface area (Å²) < 4.78 is 0. The molecule has 6 heteroatoms. The van der Waals surface area contributed by atoms with Crippen LogP contribution in [0.4, 0.5) is 17.5 Å². The van der Waals surface area contributed by atoms with Crippen molar-refractivity contribution in [3.05, 3.63) is 73.2 Å². The predicted octanol–water partition coefficient (Wildman–Crippen LogP) is 3.96. The van der Waals surface area contributed by atoms with E-state index in [0.29, 0.717) is 5.95 Å². The van der Waals surface area contributed by atoms with Gasteiger partial charge in [0, 0.05) is 50.5 Å². The minimum atomic E-state index is 0.584. The molecule has 1 aromatic carbocycles. The molecule has 0 aliphatic carbocycles. The maximum Gasteiger partial charge on any atom is 0.229 e. The Morgan fingerprint density at radius 2 is 1.79 bits per heavy atom. The molecule has 142 valence electrons. The van der Waals surface area contributed by atoms with Crippen LogP contribution in [0.15, 0.2) is 73.2 Å². The number of rotatable bonds is 8. The number of pyridine rings is 1. The zero-order valence-corrected chi connectivity index (χ0v) is 15.8. The maximum atomic E-state index is 4.57. The molecule has 6 nitrogen and oxygen atoms in total. The SMILES string of the molecule is C1=CCN(CCCNc2ccnc(Nc3cccc(-c4ccncc4)c3)n2)C1. The van der Waals surface area contributed by atoms with Crippen LogP contribution in [0.25, 0.3) is 11.1 Å². The van der Waals surface area contributed by atoms with E-state index < -0.39 is 0 Å². The first-order chi connectivity index (χ1) is 13.9. The summed E-state index contributed by atoms with van der Waals surface area (Å²) in [6, 6.07) is 14.1. The molecule has 0 radical (unpaired) electrons. The standard InChI is InChI=1S/C22H24N6/c1-2-15-28(14-1)16-4-10-24-21-9-13-25-22(27-21)26-20-6-3-5-19(17-20)18-7-11-23-12-8-18/h1-3,5-9,11-13,17H,4,10,14-16H2,(H2,24,25,26,27). The Labute approximate surface area is 165 Å². The lowest BCUT2D eigenvalue weighted by molar-refractivity contribution is 0.351. The predicted molar refractivity (Wildman–Crippen MR) is 114 cm³/mol. The van der Waals surface area contributed by atoms with Gasteiger partial charge in [-0.15, -0.1) is 0 Å². The third kappa shape index (κ3) is 4.92. The number of nitrogens with one attached hydrogen (secondary N) is 2. The Kier molecular flexibility index (Phi) is 5.89. The molecule has 4 rings (SSSR count). The van der Waals surface area contributed by atoms with Crippen molar-refractivity contribution >= 4 is 17.5 Å². The second kappa shape index (κ2) is 9.10. The van der Waals surface area contributed by atoms with Gasteiger partial charge in [0.05, 0.1) is 0 Å². The number of hydrogen-bond donors (Lipinski definition) is 2. The summed E-state index contributed by atoms with van der Waals surface area (Å²) in [6.07, 6.45) is 10.9. The second-order valence-corrected chi connectivity index (χ2v) is 6.72. The summed E-state index contributed by atoms with van der Waals surface area (Å²) >= 11 is 0. The van der Waals surface area contributed by atoms with Crippen LogP contribution < -0.4 is 10.6 Å². The highest BCUT2D eigenvalue weighted by Gasteiger charge is 2.06. The molecule has 0 bridgehead atoms. The highest BCUT2D eigenvalue weighted by atomic mass is 15.1. The van der Waals surface area contributed by atoms with Gasteiger partial charge in [0.2, 0.25) is 5.95 Å². The van der Waals surface area contributed by atoms with Gasteiger partial charge in [0.25, 0.3) is 0 Å². The van der Waals surface area contributed by atoms with Gasteiger partial charge in [-0.05, 0) is 47.9 Å². The highest BCUT2D eigenvalue weighted by Crippen LogP contribution is 2.23. The minimum absolute atomic E-state index is 0.584. The van der Waals surface area contributed by atoms with E-state index in [1.807, 2.05) is 30.3 Å². The summed E-state index contributed by atoms with van der Waals surface area (Å²) in [4.78, 5) is 15.4. The molecular formula is C22H24N6. The average molecular weight is 372 g/mol. The summed E-state index contributed by atoms with van der Waals surface area (Å²) in [5.74, 6) is 1.42. The van der Waals surface area contributed by atoms with Crippen molar-refractivity contribution in [2.24, 2.45) is 0 Å². The Morgan fingerprint density at radius 1 is 0.929 bits per heavy atom. The third-order valence-electron chi connectivity index (χ3n) is 4.64. The van der Waals surface area contributed by atoms with E-state index in [2.05, 4.69) is 54.8 Å². The molecule has 0 amide bonds. The van der Waals surface area contributed by atoms with Crippen LogP contribution in [0.2, 0.25) is 0 Å². The van der Waals surface area contributed by atoms with Crippen LogP contribution in [-0.4, -0.2) is 46.0 Å². The molecule has 0 saturated heterocycles. The molecule has 28 heavy (non-hydrogen) atoms. The van der Waals surface area contributed by atoms with Crippen LogP contribution in [0.5, 0.6) is 0 Å². The molecule has 2 N–H and O–H groups in total. The Hall–Kier alpha value is -3.25. The number of nitrogens with zero attached hydrogens (tertiary/aromatic N) is 4. The summed E-state index contributed by atoms with van der Waals surface area (Å²) in [6.45, 7) is 4.13. The molecule has 1 aliphatic rings. The number of anilines is 3. The molecule has 0 saturated carbocycles. The topological polar surface area (TPSA) is 66.0 Å². The largest absolute Gasteiger partial charge is 0.370 e. The molecule has 0 unspecified atom stereocenters. The lowest BCUT2D eigenvalue weighted by Gasteiger charge is -2.14. The molecule has 1 aliphatic heterocycles. The van der Waals surface area contributed by atoms with Crippen LogP contribution in [-0.2, 0) is 0 Å². The van der Waals surface area contributed by atoms with Gasteiger partial charge in [-0.25, -0.2) is 4.98 Å². The smallest absolute Gasteiger partial charge is 0.229 e. The van der Waals surface area contributed by atoms with E-state index in [0.717, 1.165) is 55.2 Å². The van der Waals surface area contributed by atoms with Crippen molar-refractivity contribution in [2.45, 2.75) is 6.42 Å². The van der Waals surface area contributed by atoms with E-state index in [4.69, 9.17) is 0 Å². The van der Waals surface area contributed by atoms with Gasteiger partial charge in [0.15, 0.2) is 0 Å². The van der Waals surface area contributed by atoms with E-state index >= 15 is 0 Å².